The van der Waals surface area contributed by atoms with Crippen LogP contribution in [-0.4, -0.2) is 95.0 Å². The third-order valence-electron chi connectivity index (χ3n) is 9.25. The van der Waals surface area contributed by atoms with Crippen molar-refractivity contribution in [1.29, 1.82) is 0 Å². The van der Waals surface area contributed by atoms with Crippen molar-refractivity contribution < 1.29 is 65.0 Å². The van der Waals surface area contributed by atoms with Gasteiger partial charge < -0.3 is 29.9 Å². The first-order valence-corrected chi connectivity index (χ1v) is 22.0. The number of imidazole rings is 1. The Hall–Kier alpha value is -4.87. The van der Waals surface area contributed by atoms with Crippen molar-refractivity contribution in [2.24, 2.45) is 0 Å². The molecule has 3 saturated heterocycles. The van der Waals surface area contributed by atoms with E-state index in [-0.39, 0.29) is 39.8 Å². The van der Waals surface area contributed by atoms with Crippen LogP contribution < -0.4 is 21.7 Å². The van der Waals surface area contributed by atoms with E-state index in [1.54, 1.807) is 0 Å². The van der Waals surface area contributed by atoms with Crippen molar-refractivity contribution in [3.05, 3.63) is 105 Å². The van der Waals surface area contributed by atoms with Gasteiger partial charge in [-0.1, -0.05) is 12.1 Å². The minimum atomic E-state index is -5.31. The van der Waals surface area contributed by atoms with E-state index in [4.69, 9.17) is 38.0 Å². The lowest BCUT2D eigenvalue weighted by molar-refractivity contribution is -0.0652. The summed E-state index contributed by atoms with van der Waals surface area (Å²) in [6.45, 7) is -6.50. The molecular weight excluding hydrogens is 850 g/mol. The van der Waals surface area contributed by atoms with Gasteiger partial charge in [0.25, 0.3) is 5.56 Å². The second-order valence-electron chi connectivity index (χ2n) is 13.1. The highest BCUT2D eigenvalue weighted by molar-refractivity contribution is 8.54. The third kappa shape index (κ3) is 8.59. The average Bonchev–Trinajstić information content (AvgIpc) is 3.86. The molecule has 2 aromatic carbocycles. The molecule has 3 aliphatic rings. The fraction of sp³-hybridized carbons (Fsp3) is 0.333. The van der Waals surface area contributed by atoms with Crippen LogP contribution in [0.2, 0.25) is 0 Å². The lowest BCUT2D eigenvalue weighted by Crippen LogP contribution is -2.37. The van der Waals surface area contributed by atoms with Crippen LogP contribution in [0, 0.1) is 0 Å². The van der Waals surface area contributed by atoms with Crippen LogP contribution in [0.15, 0.2) is 83.0 Å². The minimum Gasteiger partial charge on any atom is -0.508 e. The quantitative estimate of drug-likeness (QED) is 0.104. The number of hydrogen-bond acceptors (Lipinski definition) is 18. The van der Waals surface area contributed by atoms with E-state index < -0.39 is 94.3 Å². The number of nitrogens with zero attached hydrogens (tertiary/aromatic N) is 5. The number of nitrogen functional groups attached to an aromatic ring is 1. The standard InChI is InChI=1S/C33H31F2N7O14P2S/c34-23-20-11-51-58(49,59-13-16-1-7-19(8-2-16)52-32(45)17-3-5-18(43)6-4-17)56-26-21(54-30(24(26)35)42-15-39-25-28(36)37-14-38-29(25)42)12-50-57(47,48)55-27(23)31(53-20)41-10-9-22(44)40-33(41)46/h1-10,14-15,20-21,23-24,26-27,30-31,43H,11-13H2,(H,47,48)(H2,36,37,38)(H,40,44,46)/t20-,21?,23-,24-,26-,27-,30-,31-,58+/m1/s1. The molecule has 5 N–H and O–H groups in total. The Kier molecular flexibility index (Phi) is 11.3. The van der Waals surface area contributed by atoms with Crippen molar-refractivity contribution in [1.82, 2.24) is 29.1 Å². The lowest BCUT2D eigenvalue weighted by atomic mass is 10.1. The normalized spacial score (nSPS) is 31.2. The van der Waals surface area contributed by atoms with Gasteiger partial charge in [0.2, 0.25) is 0 Å². The van der Waals surface area contributed by atoms with E-state index in [0.717, 1.165) is 29.5 Å². The molecule has 3 aromatic heterocycles. The molecule has 312 valence electrons. The summed E-state index contributed by atoms with van der Waals surface area (Å²) in [7, 11) is -5.31. The van der Waals surface area contributed by atoms with Crippen molar-refractivity contribution >= 4 is 49.0 Å². The van der Waals surface area contributed by atoms with Crippen LogP contribution in [0.4, 0.5) is 14.6 Å². The average molecular weight is 882 g/mol. The Bertz CT molecular complexity index is 2590. The number of carbonyl (C=O) groups excluding carboxylic acids is 1. The van der Waals surface area contributed by atoms with Gasteiger partial charge in [0, 0.05) is 18.0 Å². The number of aromatic amines is 1. The minimum absolute atomic E-state index is 0.0223. The Morgan fingerprint density at radius 2 is 1.64 bits per heavy atom. The van der Waals surface area contributed by atoms with Crippen LogP contribution in [0.5, 0.6) is 11.5 Å². The van der Waals surface area contributed by atoms with Crippen LogP contribution in [0.3, 0.4) is 0 Å². The number of alkyl halides is 2. The number of phenolic OH excluding ortho intramolecular Hbond substituents is 1. The highest BCUT2D eigenvalue weighted by Crippen LogP contribution is 2.65. The second-order valence-corrected chi connectivity index (χ2v) is 18.6. The number of hydrogen-bond donors (Lipinski definition) is 4. The number of benzene rings is 2. The van der Waals surface area contributed by atoms with Gasteiger partial charge in [-0.15, -0.1) is 0 Å². The van der Waals surface area contributed by atoms with Gasteiger partial charge in [-0.2, -0.15) is 0 Å². The van der Waals surface area contributed by atoms with Gasteiger partial charge in [0.1, 0.15) is 47.8 Å². The summed E-state index contributed by atoms with van der Waals surface area (Å²) in [5, 5.41) is 9.49. The Morgan fingerprint density at radius 1 is 0.915 bits per heavy atom. The predicted octanol–water partition coefficient (Wildman–Crippen LogP) is 3.31. The highest BCUT2D eigenvalue weighted by atomic mass is 32.7. The zero-order valence-electron chi connectivity index (χ0n) is 29.8. The number of anilines is 1. The van der Waals surface area contributed by atoms with Gasteiger partial charge in [-0.3, -0.25) is 37.0 Å². The predicted molar refractivity (Wildman–Crippen MR) is 199 cm³/mol. The zero-order valence-corrected chi connectivity index (χ0v) is 32.4. The lowest BCUT2D eigenvalue weighted by Gasteiger charge is -2.27. The number of H-pyrrole nitrogens is 1. The number of phosphoric ester groups is 1. The molecule has 10 atom stereocenters. The topological polar surface area (TPSA) is 281 Å². The Balaban J connectivity index is 1.08. The fourth-order valence-corrected chi connectivity index (χ4v) is 10.7. The van der Waals surface area contributed by atoms with Gasteiger partial charge >= 0.3 is 26.3 Å². The molecule has 3 fully saturated rings. The zero-order chi connectivity index (χ0) is 41.6. The van der Waals surface area contributed by atoms with Gasteiger partial charge in [-0.05, 0) is 53.3 Å². The smallest absolute Gasteiger partial charge is 0.472 e. The maximum Gasteiger partial charge on any atom is 0.472 e. The first kappa shape index (κ1) is 40.9. The first-order valence-electron chi connectivity index (χ1n) is 17.3. The monoisotopic (exact) mass is 881 g/mol. The highest BCUT2D eigenvalue weighted by Gasteiger charge is 2.55. The number of ether oxygens (including phenoxy) is 3. The van der Waals surface area contributed by atoms with Crippen LogP contribution in [0.25, 0.3) is 11.2 Å². The maximum absolute atomic E-state index is 16.7. The number of rotatable bonds is 7. The third-order valence-corrected chi connectivity index (χ3v) is 13.9. The first-order chi connectivity index (χ1) is 28.2. The number of halogens is 2. The van der Waals surface area contributed by atoms with Crippen molar-refractivity contribution in [3.63, 3.8) is 0 Å². The number of fused-ring (bicyclic) bond motifs is 4. The van der Waals surface area contributed by atoms with E-state index in [9.17, 15) is 33.5 Å². The number of nitrogens with one attached hydrogen (secondary N) is 1. The summed E-state index contributed by atoms with van der Waals surface area (Å²) in [5.41, 5.74) is 4.85. The van der Waals surface area contributed by atoms with Gasteiger partial charge in [0.15, 0.2) is 36.3 Å². The summed E-state index contributed by atoms with van der Waals surface area (Å²) in [5.74, 6) is -0.746. The number of aromatic hydroxyl groups is 1. The molecule has 0 spiro atoms. The largest absolute Gasteiger partial charge is 0.508 e. The van der Waals surface area contributed by atoms with Crippen molar-refractivity contribution in [2.75, 3.05) is 18.9 Å². The number of esters is 1. The van der Waals surface area contributed by atoms with E-state index >= 15 is 8.78 Å². The molecule has 5 aromatic rings. The summed E-state index contributed by atoms with van der Waals surface area (Å²) < 4.78 is 102. The van der Waals surface area contributed by atoms with E-state index in [1.807, 2.05) is 4.98 Å². The summed E-state index contributed by atoms with van der Waals surface area (Å²) in [4.78, 5) is 61.8. The SMILES string of the molecule is Nc1ncnc2c1ncn2[C@@H]1OC2COP(=O)(O)O[C@@H]3[C@H](F)[C@@H](CO[P@](=O)(SCc4ccc(OC(=O)c5ccc(O)cc5)cc4)O[C@H]2[C@H]1F)O[C@H]3n1ccc(=O)[nH]c1=O. The number of aromatic nitrogens is 6. The molecule has 8 rings (SSSR count). The molecular formula is C33H31F2N7O14P2S. The Labute approximate surface area is 333 Å². The molecule has 6 heterocycles. The van der Waals surface area contributed by atoms with Gasteiger partial charge in [0.05, 0.1) is 25.1 Å². The number of phenols is 1. The summed E-state index contributed by atoms with van der Waals surface area (Å²) >= 11 is 0.561. The molecule has 0 amide bonds. The summed E-state index contributed by atoms with van der Waals surface area (Å²) in [6, 6.07) is 12.3. The molecule has 26 heteroatoms. The summed E-state index contributed by atoms with van der Waals surface area (Å²) in [6.07, 6.45) is -11.9. The Morgan fingerprint density at radius 3 is 2.39 bits per heavy atom. The number of nitrogens with two attached hydrogens (primary N) is 1. The van der Waals surface area contributed by atoms with E-state index in [0.29, 0.717) is 21.5 Å². The molecule has 0 radical (unpaired) electrons. The fourth-order valence-electron chi connectivity index (χ4n) is 6.36. The van der Waals surface area contributed by atoms with Gasteiger partial charge in [-0.25, -0.2) is 42.5 Å². The van der Waals surface area contributed by atoms with Crippen molar-refractivity contribution in [2.45, 2.75) is 55.0 Å². The molecule has 2 bridgehead atoms. The maximum atomic E-state index is 16.7. The molecule has 59 heavy (non-hydrogen) atoms. The molecule has 3 aliphatic heterocycles. The van der Waals surface area contributed by atoms with Crippen LogP contribution >= 0.6 is 26.0 Å². The number of phosphoric acid groups is 1. The van der Waals surface area contributed by atoms with Crippen molar-refractivity contribution in [3.8, 4) is 11.5 Å². The van der Waals surface area contributed by atoms with Crippen LogP contribution in [0.1, 0.15) is 28.4 Å². The van der Waals surface area contributed by atoms with Crippen LogP contribution in [-0.2, 0) is 42.5 Å². The molecule has 0 aliphatic carbocycles. The molecule has 0 saturated carbocycles. The molecule has 21 nitrogen and oxygen atoms in total. The number of carbonyl (C=O) groups is 1. The molecule has 2 unspecified atom stereocenters. The second kappa shape index (κ2) is 16.3. The van der Waals surface area contributed by atoms with E-state index in [1.165, 1.54) is 48.5 Å². The van der Waals surface area contributed by atoms with E-state index in [2.05, 4.69) is 15.0 Å².